The zero-order valence-electron chi connectivity index (χ0n) is 14.4. The number of hydrogen-bond acceptors (Lipinski definition) is 6. The summed E-state index contributed by atoms with van der Waals surface area (Å²) in [5, 5.41) is 11.9. The number of benzene rings is 1. The second-order valence-electron chi connectivity index (χ2n) is 5.87. The molecule has 3 rings (SSSR count). The van der Waals surface area contributed by atoms with E-state index in [-0.39, 0.29) is 18.3 Å². The van der Waals surface area contributed by atoms with Crippen molar-refractivity contribution in [2.24, 2.45) is 0 Å². The number of ether oxygens (including phenoxy) is 2. The normalized spacial score (nSPS) is 14.6. The van der Waals surface area contributed by atoms with Crippen LogP contribution in [0.3, 0.4) is 0 Å². The molecule has 0 radical (unpaired) electrons. The van der Waals surface area contributed by atoms with Crippen LogP contribution in [0.2, 0.25) is 0 Å². The lowest BCUT2D eigenvalue weighted by molar-refractivity contribution is 0.0382. The van der Waals surface area contributed by atoms with Crippen LogP contribution < -0.4 is 10.1 Å². The molecule has 2 heterocycles. The molecule has 26 heavy (non-hydrogen) atoms. The van der Waals surface area contributed by atoms with E-state index in [0.717, 1.165) is 32.8 Å². The van der Waals surface area contributed by atoms with E-state index in [1.807, 2.05) is 0 Å². The molecule has 1 aliphatic rings. The van der Waals surface area contributed by atoms with Gasteiger partial charge in [0.25, 0.3) is 5.91 Å². The SMILES string of the molecule is N#Cc1ccccc1OCc1ccc(C(=O)NCCN2CCOCC2)o1. The van der Waals surface area contributed by atoms with E-state index in [1.165, 1.54) is 0 Å². The number of morpholine rings is 1. The molecule has 7 heteroatoms. The smallest absolute Gasteiger partial charge is 0.287 e. The first-order valence-corrected chi connectivity index (χ1v) is 8.55. The zero-order valence-corrected chi connectivity index (χ0v) is 14.4. The summed E-state index contributed by atoms with van der Waals surface area (Å²) in [5.41, 5.74) is 0.458. The van der Waals surface area contributed by atoms with Crippen molar-refractivity contribution in [3.05, 3.63) is 53.5 Å². The Balaban J connectivity index is 1.46. The second-order valence-corrected chi connectivity index (χ2v) is 5.87. The number of carbonyl (C=O) groups excluding carboxylic acids is 1. The number of furan rings is 1. The summed E-state index contributed by atoms with van der Waals surface area (Å²) >= 11 is 0. The highest BCUT2D eigenvalue weighted by Crippen LogP contribution is 2.19. The van der Waals surface area contributed by atoms with E-state index in [4.69, 9.17) is 19.2 Å². The molecule has 1 saturated heterocycles. The number of nitriles is 1. The van der Waals surface area contributed by atoms with E-state index >= 15 is 0 Å². The van der Waals surface area contributed by atoms with Crippen molar-refractivity contribution in [1.82, 2.24) is 10.2 Å². The van der Waals surface area contributed by atoms with Crippen molar-refractivity contribution in [1.29, 1.82) is 5.26 Å². The molecule has 1 N–H and O–H groups in total. The summed E-state index contributed by atoms with van der Waals surface area (Å²) in [5.74, 6) is 1.01. The van der Waals surface area contributed by atoms with Gasteiger partial charge in [0.2, 0.25) is 0 Å². The van der Waals surface area contributed by atoms with E-state index < -0.39 is 0 Å². The van der Waals surface area contributed by atoms with Crippen LogP contribution >= 0.6 is 0 Å². The lowest BCUT2D eigenvalue weighted by atomic mass is 10.2. The third kappa shape index (κ3) is 4.85. The first-order valence-electron chi connectivity index (χ1n) is 8.55. The maximum atomic E-state index is 12.1. The molecule has 0 saturated carbocycles. The van der Waals surface area contributed by atoms with Gasteiger partial charge in [0.1, 0.15) is 24.2 Å². The average molecular weight is 355 g/mol. The average Bonchev–Trinajstić information content (AvgIpc) is 3.16. The second kappa shape index (κ2) is 9.04. The van der Waals surface area contributed by atoms with E-state index in [9.17, 15) is 4.79 Å². The standard InChI is InChI=1S/C19H21N3O4/c20-13-15-3-1-2-4-17(15)25-14-16-5-6-18(26-16)19(23)21-7-8-22-9-11-24-12-10-22/h1-6H,7-12,14H2,(H,21,23). The van der Waals surface area contributed by atoms with Crippen molar-refractivity contribution >= 4 is 5.91 Å². The fraction of sp³-hybridized carbons (Fsp3) is 0.368. The molecule has 1 aliphatic heterocycles. The van der Waals surface area contributed by atoms with Crippen LogP contribution in [0.1, 0.15) is 21.9 Å². The molecule has 1 aromatic heterocycles. The van der Waals surface area contributed by atoms with Crippen LogP contribution in [0.15, 0.2) is 40.8 Å². The number of hydrogen-bond donors (Lipinski definition) is 1. The largest absolute Gasteiger partial charge is 0.484 e. The van der Waals surface area contributed by atoms with E-state index in [1.54, 1.807) is 36.4 Å². The van der Waals surface area contributed by atoms with Crippen molar-refractivity contribution in [3.63, 3.8) is 0 Å². The fourth-order valence-corrected chi connectivity index (χ4v) is 2.65. The Labute approximate surface area is 152 Å². The molecule has 1 amide bonds. The molecule has 0 atom stereocenters. The fourth-order valence-electron chi connectivity index (χ4n) is 2.65. The Bertz CT molecular complexity index is 775. The van der Waals surface area contributed by atoms with Crippen molar-refractivity contribution in [2.75, 3.05) is 39.4 Å². The van der Waals surface area contributed by atoms with Gasteiger partial charge in [-0.15, -0.1) is 0 Å². The van der Waals surface area contributed by atoms with Gasteiger partial charge in [-0.25, -0.2) is 0 Å². The number of para-hydroxylation sites is 1. The van der Waals surface area contributed by atoms with Crippen LogP contribution in [0.5, 0.6) is 5.75 Å². The predicted molar refractivity (Wildman–Crippen MR) is 93.8 cm³/mol. The van der Waals surface area contributed by atoms with E-state index in [0.29, 0.717) is 23.6 Å². The Morgan fingerprint density at radius 2 is 2.04 bits per heavy atom. The molecule has 0 spiro atoms. The van der Waals surface area contributed by atoms with Crippen molar-refractivity contribution in [3.8, 4) is 11.8 Å². The third-order valence-corrected chi connectivity index (χ3v) is 4.08. The molecule has 7 nitrogen and oxygen atoms in total. The first kappa shape index (κ1) is 18.0. The third-order valence-electron chi connectivity index (χ3n) is 4.08. The van der Waals surface area contributed by atoms with Gasteiger partial charge in [-0.3, -0.25) is 9.69 Å². The maximum absolute atomic E-state index is 12.1. The number of amides is 1. The summed E-state index contributed by atoms with van der Waals surface area (Å²) in [6.07, 6.45) is 0. The summed E-state index contributed by atoms with van der Waals surface area (Å²) < 4.78 is 16.4. The molecule has 1 aromatic carbocycles. The van der Waals surface area contributed by atoms with Gasteiger partial charge in [-0.05, 0) is 24.3 Å². The Morgan fingerprint density at radius 1 is 1.23 bits per heavy atom. The van der Waals surface area contributed by atoms with Crippen LogP contribution in [0.25, 0.3) is 0 Å². The number of rotatable bonds is 7. The Hall–Kier alpha value is -2.82. The Morgan fingerprint density at radius 3 is 2.85 bits per heavy atom. The van der Waals surface area contributed by atoms with Gasteiger partial charge in [-0.1, -0.05) is 12.1 Å². The number of carbonyl (C=O) groups is 1. The Kier molecular flexibility index (Phi) is 6.25. The summed E-state index contributed by atoms with van der Waals surface area (Å²) in [4.78, 5) is 14.4. The zero-order chi connectivity index (χ0) is 18.2. The van der Waals surface area contributed by atoms with Crippen molar-refractivity contribution < 1.29 is 18.7 Å². The predicted octanol–water partition coefficient (Wildman–Crippen LogP) is 1.79. The molecule has 0 bridgehead atoms. The minimum atomic E-state index is -0.248. The first-order chi connectivity index (χ1) is 12.8. The highest BCUT2D eigenvalue weighted by atomic mass is 16.5. The van der Waals surface area contributed by atoms with Gasteiger partial charge in [0, 0.05) is 26.2 Å². The lowest BCUT2D eigenvalue weighted by Gasteiger charge is -2.26. The molecule has 1 fully saturated rings. The number of nitrogens with zero attached hydrogens (tertiary/aromatic N) is 2. The van der Waals surface area contributed by atoms with Crippen LogP contribution in [0, 0.1) is 11.3 Å². The van der Waals surface area contributed by atoms with Crippen LogP contribution in [0.4, 0.5) is 0 Å². The van der Waals surface area contributed by atoms with Crippen LogP contribution in [-0.2, 0) is 11.3 Å². The molecule has 0 unspecified atom stereocenters. The van der Waals surface area contributed by atoms with Gasteiger partial charge >= 0.3 is 0 Å². The molecular formula is C19H21N3O4. The summed E-state index contributed by atoms with van der Waals surface area (Å²) in [7, 11) is 0. The van der Waals surface area contributed by atoms with Gasteiger partial charge in [0.15, 0.2) is 5.76 Å². The van der Waals surface area contributed by atoms with Gasteiger partial charge in [0.05, 0.1) is 18.8 Å². The summed E-state index contributed by atoms with van der Waals surface area (Å²) in [6, 6.07) is 12.4. The quantitative estimate of drug-likeness (QED) is 0.815. The highest BCUT2D eigenvalue weighted by Gasteiger charge is 2.14. The number of nitrogens with one attached hydrogen (secondary N) is 1. The van der Waals surface area contributed by atoms with Crippen LogP contribution in [-0.4, -0.2) is 50.2 Å². The molecule has 0 aliphatic carbocycles. The minimum Gasteiger partial charge on any atom is -0.484 e. The monoisotopic (exact) mass is 355 g/mol. The maximum Gasteiger partial charge on any atom is 0.287 e. The van der Waals surface area contributed by atoms with Gasteiger partial charge in [-0.2, -0.15) is 5.26 Å². The molecular weight excluding hydrogens is 334 g/mol. The molecule has 2 aromatic rings. The highest BCUT2D eigenvalue weighted by molar-refractivity contribution is 5.91. The minimum absolute atomic E-state index is 0.153. The van der Waals surface area contributed by atoms with Gasteiger partial charge < -0.3 is 19.2 Å². The summed E-state index contributed by atoms with van der Waals surface area (Å²) in [6.45, 7) is 4.76. The topological polar surface area (TPSA) is 87.7 Å². The van der Waals surface area contributed by atoms with E-state index in [2.05, 4.69) is 16.3 Å². The lowest BCUT2D eigenvalue weighted by Crippen LogP contribution is -2.41. The molecule has 136 valence electrons. The van der Waals surface area contributed by atoms with Crippen molar-refractivity contribution in [2.45, 2.75) is 6.61 Å².